The summed E-state index contributed by atoms with van der Waals surface area (Å²) in [6, 6.07) is 9.10. The number of amidine groups is 1. The lowest BCUT2D eigenvalue weighted by atomic mass is 9.88. The molecule has 0 aromatic heterocycles. The lowest BCUT2D eigenvalue weighted by Gasteiger charge is -2.29. The molecule has 0 aliphatic carbocycles. The van der Waals surface area contributed by atoms with Crippen LogP contribution in [0.3, 0.4) is 0 Å². The number of Topliss-reactive ketones (excluding diaryl/α,β-unsaturated/α-hetero) is 1. The van der Waals surface area contributed by atoms with Gasteiger partial charge >= 0.3 is 5.91 Å². The zero-order valence-electron chi connectivity index (χ0n) is 20.5. The second-order valence-corrected chi connectivity index (χ2v) is 10.7. The van der Waals surface area contributed by atoms with Gasteiger partial charge in [-0.3, -0.25) is 14.4 Å². The molecule has 0 spiro atoms. The molecule has 1 aromatic carbocycles. The molecule has 2 aliphatic heterocycles. The highest BCUT2D eigenvalue weighted by Crippen LogP contribution is 2.22. The molecule has 10 heteroatoms. The van der Waals surface area contributed by atoms with Crippen molar-refractivity contribution in [3.63, 3.8) is 0 Å². The number of nitrogens with one attached hydrogen (secondary N) is 2. The molecule has 35 heavy (non-hydrogen) atoms. The Hall–Kier alpha value is -2.36. The Morgan fingerprint density at radius 2 is 1.89 bits per heavy atom. The SMILES string of the molecule is CC(C)(C)C=CC(=O)NC(C(=O)C(=O)NN=C1SCCN1Cc1ccccc1)C1CCOCC1.Cl. The lowest BCUT2D eigenvalue weighted by molar-refractivity contribution is -0.141. The number of hydrazone groups is 1. The Balaban J connectivity index is 0.00000432. The number of allylic oxidation sites excluding steroid dienone is 1. The summed E-state index contributed by atoms with van der Waals surface area (Å²) in [6.07, 6.45) is 4.40. The minimum absolute atomic E-state index is 0. The highest BCUT2D eigenvalue weighted by Gasteiger charge is 2.35. The van der Waals surface area contributed by atoms with Crippen molar-refractivity contribution in [2.24, 2.45) is 16.4 Å². The molecule has 2 saturated heterocycles. The summed E-state index contributed by atoms with van der Waals surface area (Å²) < 4.78 is 5.39. The molecule has 1 aromatic rings. The average molecular weight is 523 g/mol. The molecule has 2 fully saturated rings. The van der Waals surface area contributed by atoms with Crippen LogP contribution in [0.5, 0.6) is 0 Å². The highest BCUT2D eigenvalue weighted by atomic mass is 35.5. The quantitative estimate of drug-likeness (QED) is 0.309. The summed E-state index contributed by atoms with van der Waals surface area (Å²) in [5, 5.41) is 7.66. The molecular formula is C25H35ClN4O4S. The van der Waals surface area contributed by atoms with Crippen LogP contribution in [0.25, 0.3) is 0 Å². The summed E-state index contributed by atoms with van der Waals surface area (Å²) in [6.45, 7) is 8.42. The number of ketones is 1. The van der Waals surface area contributed by atoms with Gasteiger partial charge in [0.1, 0.15) is 6.04 Å². The van der Waals surface area contributed by atoms with Gasteiger partial charge in [0.2, 0.25) is 11.7 Å². The van der Waals surface area contributed by atoms with Gasteiger partial charge in [0.05, 0.1) is 0 Å². The molecule has 0 radical (unpaired) electrons. The van der Waals surface area contributed by atoms with Crippen molar-refractivity contribution in [1.29, 1.82) is 0 Å². The number of thioether (sulfide) groups is 1. The number of halogens is 1. The molecule has 0 saturated carbocycles. The standard InChI is InChI=1S/C25H34N4O4S.ClH/c1-25(2,3)12-9-20(30)26-21(19-10-14-33-15-11-19)22(31)23(32)27-28-24-29(13-16-34-24)17-18-7-5-4-6-8-18;/h4-9,12,19,21H,10-11,13-17H2,1-3H3,(H,26,30)(H,27,32);1H. The van der Waals surface area contributed by atoms with Gasteiger partial charge in [-0.1, -0.05) is 68.9 Å². The van der Waals surface area contributed by atoms with Crippen LogP contribution in [0.4, 0.5) is 0 Å². The summed E-state index contributed by atoms with van der Waals surface area (Å²) in [5.74, 6) is -1.21. The molecule has 2 amide bonds. The van der Waals surface area contributed by atoms with Gasteiger partial charge in [-0.05, 0) is 35.8 Å². The number of carbonyl (C=O) groups is 3. The number of rotatable bonds is 8. The Morgan fingerprint density at radius 1 is 1.20 bits per heavy atom. The first-order valence-electron chi connectivity index (χ1n) is 11.6. The van der Waals surface area contributed by atoms with E-state index in [9.17, 15) is 14.4 Å². The normalized spacial score (nSPS) is 18.8. The number of hydrogen-bond acceptors (Lipinski definition) is 6. The van der Waals surface area contributed by atoms with Gasteiger partial charge in [-0.25, -0.2) is 5.43 Å². The topological polar surface area (TPSA) is 100 Å². The van der Waals surface area contributed by atoms with E-state index in [4.69, 9.17) is 4.74 Å². The van der Waals surface area contributed by atoms with Crippen LogP contribution in [0.15, 0.2) is 47.6 Å². The van der Waals surface area contributed by atoms with Crippen molar-refractivity contribution in [1.82, 2.24) is 15.6 Å². The second-order valence-electron chi connectivity index (χ2n) is 9.59. The van der Waals surface area contributed by atoms with Crippen LogP contribution < -0.4 is 10.7 Å². The molecule has 1 atom stereocenters. The maximum atomic E-state index is 13.1. The van der Waals surface area contributed by atoms with E-state index in [1.165, 1.54) is 17.8 Å². The maximum Gasteiger partial charge on any atom is 0.309 e. The molecule has 3 rings (SSSR count). The van der Waals surface area contributed by atoms with Gasteiger partial charge in [0.25, 0.3) is 0 Å². The second kappa shape index (κ2) is 13.7. The monoisotopic (exact) mass is 522 g/mol. The molecule has 2 heterocycles. The van der Waals surface area contributed by atoms with Crippen molar-refractivity contribution in [3.8, 4) is 0 Å². The number of carbonyl (C=O) groups excluding carboxylic acids is 3. The zero-order valence-corrected chi connectivity index (χ0v) is 22.1. The predicted molar refractivity (Wildman–Crippen MR) is 141 cm³/mol. The van der Waals surface area contributed by atoms with E-state index in [2.05, 4.69) is 20.7 Å². The number of nitrogens with zero attached hydrogens (tertiary/aromatic N) is 2. The first-order valence-corrected chi connectivity index (χ1v) is 12.6. The maximum absolute atomic E-state index is 13.1. The van der Waals surface area contributed by atoms with Gasteiger partial charge in [-0.15, -0.1) is 17.5 Å². The van der Waals surface area contributed by atoms with Crippen LogP contribution in [0.2, 0.25) is 0 Å². The van der Waals surface area contributed by atoms with E-state index in [0.717, 1.165) is 17.9 Å². The first-order chi connectivity index (χ1) is 16.2. The molecular weight excluding hydrogens is 488 g/mol. The van der Waals surface area contributed by atoms with Crippen LogP contribution >= 0.6 is 24.2 Å². The highest BCUT2D eigenvalue weighted by molar-refractivity contribution is 8.14. The Labute approximate surface area is 217 Å². The van der Waals surface area contributed by atoms with E-state index < -0.39 is 17.7 Å². The zero-order chi connectivity index (χ0) is 24.6. The smallest absolute Gasteiger partial charge is 0.309 e. The Morgan fingerprint density at radius 3 is 2.54 bits per heavy atom. The Bertz CT molecular complexity index is 927. The van der Waals surface area contributed by atoms with Crippen LogP contribution in [0.1, 0.15) is 39.2 Å². The van der Waals surface area contributed by atoms with E-state index in [1.807, 2.05) is 51.1 Å². The fourth-order valence-corrected chi connectivity index (χ4v) is 4.70. The van der Waals surface area contributed by atoms with Gasteiger partial charge < -0.3 is 15.0 Å². The first kappa shape index (κ1) is 28.9. The van der Waals surface area contributed by atoms with Gasteiger partial charge in [-0.2, -0.15) is 0 Å². The average Bonchev–Trinajstić information content (AvgIpc) is 3.26. The van der Waals surface area contributed by atoms with Crippen LogP contribution in [-0.4, -0.2) is 59.2 Å². The number of hydrogen-bond donors (Lipinski definition) is 2. The van der Waals surface area contributed by atoms with Crippen LogP contribution in [0, 0.1) is 11.3 Å². The van der Waals surface area contributed by atoms with Crippen LogP contribution in [-0.2, 0) is 25.7 Å². The Kier molecular flexibility index (Phi) is 11.3. The molecule has 2 N–H and O–H groups in total. The third-order valence-electron chi connectivity index (χ3n) is 5.61. The third kappa shape index (κ3) is 9.31. The number of amides is 2. The minimum atomic E-state index is -0.919. The molecule has 1 unspecified atom stereocenters. The van der Waals surface area contributed by atoms with Crippen molar-refractivity contribution in [2.45, 2.75) is 46.2 Å². The van der Waals surface area contributed by atoms with E-state index in [0.29, 0.717) is 37.8 Å². The van der Waals surface area contributed by atoms with Gasteiger partial charge in [0, 0.05) is 32.1 Å². The molecule has 192 valence electrons. The minimum Gasteiger partial charge on any atom is -0.381 e. The number of ether oxygens (including phenoxy) is 1. The third-order valence-corrected chi connectivity index (χ3v) is 6.60. The van der Waals surface area contributed by atoms with Crippen molar-refractivity contribution < 1.29 is 19.1 Å². The van der Waals surface area contributed by atoms with E-state index in [1.54, 1.807) is 6.08 Å². The summed E-state index contributed by atoms with van der Waals surface area (Å²) in [5.41, 5.74) is 3.40. The van der Waals surface area contributed by atoms with Crippen molar-refractivity contribution >= 4 is 46.9 Å². The fourth-order valence-electron chi connectivity index (χ4n) is 3.76. The molecule has 0 bridgehead atoms. The van der Waals surface area contributed by atoms with E-state index >= 15 is 0 Å². The molecule has 8 nitrogen and oxygen atoms in total. The van der Waals surface area contributed by atoms with Crippen molar-refractivity contribution in [2.75, 3.05) is 25.5 Å². The summed E-state index contributed by atoms with van der Waals surface area (Å²) in [7, 11) is 0. The largest absolute Gasteiger partial charge is 0.381 e. The van der Waals surface area contributed by atoms with Gasteiger partial charge in [0.15, 0.2) is 5.17 Å². The molecule has 2 aliphatic rings. The number of benzene rings is 1. The lowest BCUT2D eigenvalue weighted by Crippen LogP contribution is -2.51. The van der Waals surface area contributed by atoms with E-state index in [-0.39, 0.29) is 29.6 Å². The fraction of sp³-hybridized carbons (Fsp3) is 0.520. The summed E-state index contributed by atoms with van der Waals surface area (Å²) in [4.78, 5) is 40.4. The predicted octanol–water partition coefficient (Wildman–Crippen LogP) is 3.13. The van der Waals surface area contributed by atoms with Crippen molar-refractivity contribution in [3.05, 3.63) is 48.0 Å². The summed E-state index contributed by atoms with van der Waals surface area (Å²) >= 11 is 1.53.